The second kappa shape index (κ2) is 8.85. The summed E-state index contributed by atoms with van der Waals surface area (Å²) in [5, 5.41) is 12.8. The Bertz CT molecular complexity index is 1580. The summed E-state index contributed by atoms with van der Waals surface area (Å²) >= 11 is 0. The van der Waals surface area contributed by atoms with E-state index in [0.717, 1.165) is 0 Å². The number of nitro benzene ring substituents is 1. The molecule has 2 amide bonds. The van der Waals surface area contributed by atoms with Crippen molar-refractivity contribution in [3.63, 3.8) is 0 Å². The van der Waals surface area contributed by atoms with Gasteiger partial charge in [-0.1, -0.05) is 36.3 Å². The molecule has 0 bridgehead atoms. The fraction of sp³-hybridized carbons (Fsp3) is 0.207. The van der Waals surface area contributed by atoms with Gasteiger partial charge in [0.15, 0.2) is 11.3 Å². The number of anilines is 1. The summed E-state index contributed by atoms with van der Waals surface area (Å²) in [5.74, 6) is -0.946. The lowest BCUT2D eigenvalue weighted by atomic mass is 9.69. The van der Waals surface area contributed by atoms with Crippen molar-refractivity contribution in [1.82, 2.24) is 10.4 Å². The number of hydrogen-bond acceptors (Lipinski definition) is 6. The number of amides is 2. The molecule has 3 heterocycles. The number of hydrogen-bond donors (Lipinski definition) is 1. The van der Waals surface area contributed by atoms with Crippen LogP contribution in [0.3, 0.4) is 0 Å². The van der Waals surface area contributed by atoms with Crippen LogP contribution in [-0.4, -0.2) is 40.1 Å². The number of nitrogens with one attached hydrogen (secondary N) is 1. The van der Waals surface area contributed by atoms with Gasteiger partial charge in [-0.15, -0.1) is 6.42 Å². The Morgan fingerprint density at radius 2 is 1.79 bits per heavy atom. The third-order valence-corrected chi connectivity index (χ3v) is 7.90. The predicted molar refractivity (Wildman–Crippen MR) is 138 cm³/mol. The fourth-order valence-corrected chi connectivity index (χ4v) is 6.44. The number of ketones is 1. The first kappa shape index (κ1) is 24.5. The molecule has 39 heavy (non-hydrogen) atoms. The number of nitro groups is 1. The number of non-ortho nitro benzene ring substituents is 1. The van der Waals surface area contributed by atoms with Crippen LogP contribution in [0.5, 0.6) is 0 Å². The zero-order valence-electron chi connectivity index (χ0n) is 20.4. The standard InChI is InChI=1S/C29H21FN4O5/c1-2-15-32-22-6-4-3-5-21(22)29(28(32)37)26(27(36)18-9-13-20(14-10-18)34(38)39)25(17-7-11-19(30)12-8-17)23-16-24(35)31-33(23)29/h1,3-14,23,25-26H,15-16H2,(H,31,35)/t23-,25-,26-,29+/m0/s1. The fourth-order valence-electron chi connectivity index (χ4n) is 6.44. The highest BCUT2D eigenvalue weighted by Gasteiger charge is 2.72. The molecule has 4 atom stereocenters. The average Bonchev–Trinajstić information content (AvgIpc) is 3.53. The number of hydrazine groups is 1. The minimum Gasteiger partial charge on any atom is -0.298 e. The first-order chi connectivity index (χ1) is 18.8. The van der Waals surface area contributed by atoms with Crippen molar-refractivity contribution in [2.75, 3.05) is 11.4 Å². The molecule has 3 aliphatic rings. The van der Waals surface area contributed by atoms with Crippen LogP contribution in [0.15, 0.2) is 72.8 Å². The Hall–Kier alpha value is -4.88. The molecular formula is C29H21FN4O5. The van der Waals surface area contributed by atoms with Crippen LogP contribution in [0.1, 0.15) is 33.8 Å². The van der Waals surface area contributed by atoms with E-state index in [1.54, 1.807) is 41.4 Å². The lowest BCUT2D eigenvalue weighted by Gasteiger charge is -2.37. The van der Waals surface area contributed by atoms with E-state index in [4.69, 9.17) is 6.42 Å². The van der Waals surface area contributed by atoms with Gasteiger partial charge in [-0.2, -0.15) is 5.01 Å². The van der Waals surface area contributed by atoms with Gasteiger partial charge in [0.2, 0.25) is 5.91 Å². The molecule has 2 fully saturated rings. The number of para-hydroxylation sites is 1. The Morgan fingerprint density at radius 3 is 2.46 bits per heavy atom. The second-order valence-corrected chi connectivity index (χ2v) is 9.78. The lowest BCUT2D eigenvalue weighted by Crippen LogP contribution is -2.58. The molecule has 6 rings (SSSR count). The smallest absolute Gasteiger partial charge is 0.269 e. The van der Waals surface area contributed by atoms with Crippen molar-refractivity contribution in [1.29, 1.82) is 0 Å². The highest BCUT2D eigenvalue weighted by Crippen LogP contribution is 2.61. The second-order valence-electron chi connectivity index (χ2n) is 9.78. The van der Waals surface area contributed by atoms with Gasteiger partial charge in [0.1, 0.15) is 5.82 Å². The van der Waals surface area contributed by atoms with Crippen molar-refractivity contribution in [3.05, 3.63) is 105 Å². The van der Waals surface area contributed by atoms with E-state index in [1.807, 2.05) is 0 Å². The molecule has 1 spiro atoms. The van der Waals surface area contributed by atoms with Crippen LogP contribution >= 0.6 is 0 Å². The summed E-state index contributed by atoms with van der Waals surface area (Å²) in [4.78, 5) is 53.8. The molecule has 10 heteroatoms. The van der Waals surface area contributed by atoms with E-state index in [0.29, 0.717) is 16.8 Å². The van der Waals surface area contributed by atoms with E-state index < -0.39 is 45.8 Å². The Morgan fingerprint density at radius 1 is 1.10 bits per heavy atom. The minimum atomic E-state index is -1.65. The third-order valence-electron chi connectivity index (χ3n) is 7.90. The number of halogens is 1. The van der Waals surface area contributed by atoms with Crippen LogP contribution in [0.4, 0.5) is 15.8 Å². The number of benzene rings is 3. The summed E-state index contributed by atoms with van der Waals surface area (Å²) in [6.45, 7) is -0.0519. The number of fused-ring (bicyclic) bond motifs is 4. The highest BCUT2D eigenvalue weighted by molar-refractivity contribution is 6.14. The largest absolute Gasteiger partial charge is 0.298 e. The van der Waals surface area contributed by atoms with Gasteiger partial charge in [-0.3, -0.25) is 34.8 Å². The molecule has 3 aromatic carbocycles. The molecular weight excluding hydrogens is 503 g/mol. The molecule has 3 aromatic rings. The predicted octanol–water partition coefficient (Wildman–Crippen LogP) is 3.31. The average molecular weight is 525 g/mol. The molecule has 0 aromatic heterocycles. The van der Waals surface area contributed by atoms with E-state index in [1.165, 1.54) is 41.3 Å². The molecule has 2 saturated heterocycles. The molecule has 0 saturated carbocycles. The molecule has 0 unspecified atom stereocenters. The van der Waals surface area contributed by atoms with Gasteiger partial charge in [0, 0.05) is 41.6 Å². The SMILES string of the molecule is C#CCN1C(=O)[C@@]2(c3ccccc31)[C@H](C(=O)c1ccc([N+](=O)[O-])cc1)[C@@H](c1ccc(F)cc1)[C@@H]1CC(=O)NN12. The number of rotatable bonds is 5. The number of carbonyl (C=O) groups is 3. The van der Waals surface area contributed by atoms with Gasteiger partial charge in [-0.05, 0) is 35.9 Å². The van der Waals surface area contributed by atoms with Crippen LogP contribution in [-0.2, 0) is 15.1 Å². The maximum atomic E-state index is 14.5. The summed E-state index contributed by atoms with van der Waals surface area (Å²) in [6, 6.07) is 17.2. The van der Waals surface area contributed by atoms with Crippen LogP contribution < -0.4 is 10.3 Å². The summed E-state index contributed by atoms with van der Waals surface area (Å²) in [5.41, 5.74) is 2.80. The molecule has 0 radical (unpaired) electrons. The Kier molecular flexibility index (Phi) is 5.55. The van der Waals surface area contributed by atoms with Crippen molar-refractivity contribution in [3.8, 4) is 12.3 Å². The van der Waals surface area contributed by atoms with Crippen molar-refractivity contribution >= 4 is 29.0 Å². The van der Waals surface area contributed by atoms with Crippen LogP contribution in [0.25, 0.3) is 0 Å². The number of carbonyl (C=O) groups excluding carboxylic acids is 3. The van der Waals surface area contributed by atoms with E-state index in [-0.39, 0.29) is 30.1 Å². The monoisotopic (exact) mass is 524 g/mol. The molecule has 194 valence electrons. The van der Waals surface area contributed by atoms with Gasteiger partial charge in [0.25, 0.3) is 11.6 Å². The summed E-state index contributed by atoms with van der Waals surface area (Å²) < 4.78 is 13.9. The maximum absolute atomic E-state index is 14.5. The normalized spacial score (nSPS) is 25.3. The number of terminal acetylenes is 1. The van der Waals surface area contributed by atoms with Gasteiger partial charge in [0.05, 0.1) is 23.1 Å². The van der Waals surface area contributed by atoms with Crippen molar-refractivity contribution < 1.29 is 23.7 Å². The lowest BCUT2D eigenvalue weighted by molar-refractivity contribution is -0.384. The topological polar surface area (TPSA) is 113 Å². The van der Waals surface area contributed by atoms with E-state index in [9.17, 15) is 28.9 Å². The quantitative estimate of drug-likeness (QED) is 0.237. The van der Waals surface area contributed by atoms with Gasteiger partial charge >= 0.3 is 0 Å². The highest BCUT2D eigenvalue weighted by atomic mass is 19.1. The van der Waals surface area contributed by atoms with Crippen LogP contribution in [0, 0.1) is 34.2 Å². The molecule has 1 N–H and O–H groups in total. The first-order valence-electron chi connectivity index (χ1n) is 12.3. The molecule has 9 nitrogen and oxygen atoms in total. The zero-order valence-corrected chi connectivity index (χ0v) is 20.4. The Balaban J connectivity index is 1.62. The number of nitrogens with zero attached hydrogens (tertiary/aromatic N) is 3. The molecule has 0 aliphatic carbocycles. The third kappa shape index (κ3) is 3.40. The van der Waals surface area contributed by atoms with Gasteiger partial charge in [-0.25, -0.2) is 4.39 Å². The Labute approximate surface area is 222 Å². The number of Topliss-reactive ketones (excluding diaryl/α,β-unsaturated/α-hetero) is 1. The summed E-state index contributed by atoms with van der Waals surface area (Å²) in [6.07, 6.45) is 5.63. The maximum Gasteiger partial charge on any atom is 0.269 e. The van der Waals surface area contributed by atoms with Crippen molar-refractivity contribution in [2.45, 2.75) is 23.9 Å². The minimum absolute atomic E-state index is 0.0123. The summed E-state index contributed by atoms with van der Waals surface area (Å²) in [7, 11) is 0. The van der Waals surface area contributed by atoms with E-state index >= 15 is 0 Å². The van der Waals surface area contributed by atoms with Gasteiger partial charge < -0.3 is 0 Å². The van der Waals surface area contributed by atoms with Crippen molar-refractivity contribution in [2.24, 2.45) is 5.92 Å². The molecule has 3 aliphatic heterocycles. The first-order valence-corrected chi connectivity index (χ1v) is 12.3. The van der Waals surface area contributed by atoms with E-state index in [2.05, 4.69) is 11.3 Å². The van der Waals surface area contributed by atoms with Crippen LogP contribution in [0.2, 0.25) is 0 Å². The zero-order chi connectivity index (χ0) is 27.5.